The maximum atomic E-state index is 12.7. The van der Waals surface area contributed by atoms with Gasteiger partial charge < -0.3 is 10.1 Å². The summed E-state index contributed by atoms with van der Waals surface area (Å²) in [5.41, 5.74) is 0.995. The van der Waals surface area contributed by atoms with Gasteiger partial charge in [-0.15, -0.1) is 10.2 Å². The van der Waals surface area contributed by atoms with E-state index in [0.29, 0.717) is 36.3 Å². The lowest BCUT2D eigenvalue weighted by Gasteiger charge is -2.26. The highest BCUT2D eigenvalue weighted by Gasteiger charge is 2.26. The van der Waals surface area contributed by atoms with Gasteiger partial charge in [-0.2, -0.15) is 4.31 Å². The van der Waals surface area contributed by atoms with Gasteiger partial charge in [-0.3, -0.25) is 14.9 Å². The van der Waals surface area contributed by atoms with Crippen LogP contribution in [0.1, 0.15) is 10.4 Å². The third kappa shape index (κ3) is 6.18. The topological polar surface area (TPSA) is 131 Å². The van der Waals surface area contributed by atoms with E-state index in [1.807, 2.05) is 18.2 Å². The molecule has 10 nitrogen and oxygen atoms in total. The molecule has 178 valence electrons. The number of hydrogen-bond donors (Lipinski definition) is 2. The zero-order valence-corrected chi connectivity index (χ0v) is 20.3. The van der Waals surface area contributed by atoms with Gasteiger partial charge in [0, 0.05) is 24.3 Å². The highest BCUT2D eigenvalue weighted by Crippen LogP contribution is 2.26. The number of sulfonamides is 1. The first-order valence-corrected chi connectivity index (χ1v) is 13.5. The Bertz CT molecular complexity index is 1240. The predicted octanol–water partition coefficient (Wildman–Crippen LogP) is 2.54. The smallest absolute Gasteiger partial charge is 0.257 e. The molecule has 0 unspecified atom stereocenters. The summed E-state index contributed by atoms with van der Waals surface area (Å²) in [5, 5.41) is 13.6. The molecule has 2 heterocycles. The van der Waals surface area contributed by atoms with E-state index in [1.54, 1.807) is 12.1 Å². The fourth-order valence-corrected chi connectivity index (χ4v) is 6.00. The summed E-state index contributed by atoms with van der Waals surface area (Å²) in [6, 6.07) is 14.8. The minimum Gasteiger partial charge on any atom is -0.379 e. The number of nitrogens with zero attached hydrogens (tertiary/aromatic N) is 3. The Hall–Kier alpha value is -2.84. The first-order chi connectivity index (χ1) is 16.4. The van der Waals surface area contributed by atoms with Gasteiger partial charge in [0.15, 0.2) is 4.34 Å². The SMILES string of the molecule is O=C(CSc1nnc(NC(=O)c2ccc(S(=O)(=O)N3CCOCC3)cc2)s1)Nc1ccccc1. The standard InChI is InChI=1S/C21H21N5O5S3/c27-18(22-16-4-2-1-3-5-16)14-32-21-25-24-20(33-21)23-19(28)15-6-8-17(9-7-15)34(29,30)26-10-12-31-13-11-26/h1-9H,10-14H2,(H,22,27)(H,23,24,28). The minimum absolute atomic E-state index is 0.120. The van der Waals surface area contributed by atoms with Gasteiger partial charge in [0.1, 0.15) is 0 Å². The van der Waals surface area contributed by atoms with Crippen molar-refractivity contribution in [3.8, 4) is 0 Å². The molecule has 1 saturated heterocycles. The summed E-state index contributed by atoms with van der Waals surface area (Å²) < 4.78 is 32.5. The van der Waals surface area contributed by atoms with Crippen LogP contribution in [0.3, 0.4) is 0 Å². The number of benzene rings is 2. The summed E-state index contributed by atoms with van der Waals surface area (Å²) in [7, 11) is -3.63. The van der Waals surface area contributed by atoms with Crippen LogP contribution < -0.4 is 10.6 Å². The molecule has 3 aromatic rings. The summed E-state index contributed by atoms with van der Waals surface area (Å²) >= 11 is 2.36. The number of morpholine rings is 1. The average Bonchev–Trinajstić information content (AvgIpc) is 3.31. The van der Waals surface area contributed by atoms with Gasteiger partial charge in [-0.25, -0.2) is 8.42 Å². The second-order valence-electron chi connectivity index (χ2n) is 7.07. The van der Waals surface area contributed by atoms with Gasteiger partial charge in [0.2, 0.25) is 21.1 Å². The van der Waals surface area contributed by atoms with Crippen LogP contribution in [0.25, 0.3) is 0 Å². The van der Waals surface area contributed by atoms with Crippen molar-refractivity contribution in [1.82, 2.24) is 14.5 Å². The van der Waals surface area contributed by atoms with Crippen molar-refractivity contribution >= 4 is 55.8 Å². The molecule has 0 saturated carbocycles. The average molecular weight is 520 g/mol. The minimum atomic E-state index is -3.63. The molecule has 0 spiro atoms. The van der Waals surface area contributed by atoms with Crippen LogP contribution in [0.2, 0.25) is 0 Å². The van der Waals surface area contributed by atoms with Crippen LogP contribution in [0, 0.1) is 0 Å². The first kappa shape index (κ1) is 24.3. The Balaban J connectivity index is 1.30. The Morgan fingerprint density at radius 2 is 1.71 bits per heavy atom. The predicted molar refractivity (Wildman–Crippen MR) is 130 cm³/mol. The summed E-state index contributed by atoms with van der Waals surface area (Å²) in [6.45, 7) is 1.32. The largest absolute Gasteiger partial charge is 0.379 e. The van der Waals surface area contributed by atoms with Crippen molar-refractivity contribution in [2.45, 2.75) is 9.24 Å². The second-order valence-corrected chi connectivity index (χ2v) is 11.2. The lowest BCUT2D eigenvalue weighted by atomic mass is 10.2. The molecule has 0 aliphatic carbocycles. The molecule has 2 aromatic carbocycles. The summed E-state index contributed by atoms with van der Waals surface area (Å²) in [4.78, 5) is 24.7. The molecular formula is C21H21N5O5S3. The molecule has 2 amide bonds. The summed E-state index contributed by atoms with van der Waals surface area (Å²) in [5.74, 6) is -0.467. The number of anilines is 2. The number of para-hydroxylation sites is 1. The second kappa shape index (κ2) is 11.1. The number of ether oxygens (including phenoxy) is 1. The third-order valence-electron chi connectivity index (χ3n) is 4.74. The van der Waals surface area contributed by atoms with E-state index in [-0.39, 0.29) is 27.3 Å². The van der Waals surface area contributed by atoms with Crippen LogP contribution in [-0.2, 0) is 19.6 Å². The van der Waals surface area contributed by atoms with Crippen LogP contribution in [0.4, 0.5) is 10.8 Å². The van der Waals surface area contributed by atoms with Crippen molar-refractivity contribution in [2.24, 2.45) is 0 Å². The zero-order chi connectivity index (χ0) is 24.0. The van der Waals surface area contributed by atoms with E-state index in [4.69, 9.17) is 4.74 Å². The van der Waals surface area contributed by atoms with Gasteiger partial charge in [-0.05, 0) is 36.4 Å². The van der Waals surface area contributed by atoms with Gasteiger partial charge in [0.25, 0.3) is 5.91 Å². The monoisotopic (exact) mass is 519 g/mol. The number of rotatable bonds is 8. The van der Waals surface area contributed by atoms with Crippen molar-refractivity contribution in [3.63, 3.8) is 0 Å². The van der Waals surface area contributed by atoms with Gasteiger partial charge >= 0.3 is 0 Å². The number of carbonyl (C=O) groups excluding carboxylic acids is 2. The van der Waals surface area contributed by atoms with Crippen LogP contribution in [0.15, 0.2) is 63.8 Å². The lowest BCUT2D eigenvalue weighted by Crippen LogP contribution is -2.40. The van der Waals surface area contributed by atoms with Crippen LogP contribution in [-0.4, -0.2) is 66.8 Å². The number of aromatic nitrogens is 2. The molecule has 4 rings (SSSR count). The first-order valence-electron chi connectivity index (χ1n) is 10.2. The fraction of sp³-hybridized carbons (Fsp3) is 0.238. The van der Waals surface area contributed by atoms with Crippen LogP contribution >= 0.6 is 23.1 Å². The van der Waals surface area contributed by atoms with E-state index in [2.05, 4.69) is 20.8 Å². The molecule has 0 radical (unpaired) electrons. The van der Waals surface area contributed by atoms with Crippen molar-refractivity contribution in [1.29, 1.82) is 0 Å². The third-order valence-corrected chi connectivity index (χ3v) is 8.62. The van der Waals surface area contributed by atoms with Crippen LogP contribution in [0.5, 0.6) is 0 Å². The Morgan fingerprint density at radius 1 is 1.00 bits per heavy atom. The number of carbonyl (C=O) groups is 2. The molecule has 0 atom stereocenters. The van der Waals surface area contributed by atoms with E-state index < -0.39 is 15.9 Å². The van der Waals surface area contributed by atoms with Gasteiger partial charge in [-0.1, -0.05) is 41.3 Å². The molecule has 0 bridgehead atoms. The number of thioether (sulfide) groups is 1. The molecule has 1 aromatic heterocycles. The molecule has 2 N–H and O–H groups in total. The van der Waals surface area contributed by atoms with Crippen molar-refractivity contribution < 1.29 is 22.7 Å². The number of hydrogen-bond acceptors (Lipinski definition) is 9. The normalized spacial score (nSPS) is 14.5. The van der Waals surface area contributed by atoms with E-state index >= 15 is 0 Å². The lowest BCUT2D eigenvalue weighted by molar-refractivity contribution is -0.113. The maximum absolute atomic E-state index is 12.7. The quantitative estimate of drug-likeness (QED) is 0.343. The van der Waals surface area contributed by atoms with Gasteiger partial charge in [0.05, 0.1) is 23.9 Å². The molecular weight excluding hydrogens is 498 g/mol. The van der Waals surface area contributed by atoms with E-state index in [0.717, 1.165) is 11.3 Å². The van der Waals surface area contributed by atoms with E-state index in [9.17, 15) is 18.0 Å². The molecule has 1 fully saturated rings. The molecule has 13 heteroatoms. The number of amides is 2. The Kier molecular flexibility index (Phi) is 7.90. The highest BCUT2D eigenvalue weighted by molar-refractivity contribution is 8.01. The van der Waals surface area contributed by atoms with Crippen molar-refractivity contribution in [2.75, 3.05) is 42.7 Å². The highest BCUT2D eigenvalue weighted by atomic mass is 32.2. The molecule has 1 aliphatic heterocycles. The maximum Gasteiger partial charge on any atom is 0.257 e. The summed E-state index contributed by atoms with van der Waals surface area (Å²) in [6.07, 6.45) is 0. The number of nitrogens with one attached hydrogen (secondary N) is 2. The molecule has 34 heavy (non-hydrogen) atoms. The Labute approximate surface area is 204 Å². The zero-order valence-electron chi connectivity index (χ0n) is 17.8. The molecule has 1 aliphatic rings. The fourth-order valence-electron chi connectivity index (χ4n) is 3.05. The Morgan fingerprint density at radius 3 is 2.41 bits per heavy atom. The van der Waals surface area contributed by atoms with Crippen molar-refractivity contribution in [3.05, 3.63) is 60.2 Å². The van der Waals surface area contributed by atoms with E-state index in [1.165, 1.54) is 40.3 Å².